The third kappa shape index (κ3) is 3.20. The molecule has 5 nitrogen and oxygen atoms in total. The summed E-state index contributed by atoms with van der Waals surface area (Å²) in [5.41, 5.74) is 0.911. The molecular weight excluding hydrogens is 232 g/mol. The van der Waals surface area contributed by atoms with Crippen molar-refractivity contribution in [2.75, 3.05) is 5.32 Å². The van der Waals surface area contributed by atoms with Gasteiger partial charge in [-0.1, -0.05) is 19.3 Å². The second kappa shape index (κ2) is 5.82. The highest BCUT2D eigenvalue weighted by Gasteiger charge is 2.21. The predicted molar refractivity (Wildman–Crippen MR) is 69.6 cm³/mol. The molecule has 2 N–H and O–H groups in total. The van der Waals surface area contributed by atoms with Crippen LogP contribution < -0.4 is 5.32 Å². The second-order valence-corrected chi connectivity index (χ2v) is 4.76. The fourth-order valence-electron chi connectivity index (χ4n) is 2.35. The van der Waals surface area contributed by atoms with Gasteiger partial charge in [0.05, 0.1) is 17.1 Å². The Labute approximate surface area is 106 Å². The molecule has 0 spiro atoms. The molecule has 5 heteroatoms. The van der Waals surface area contributed by atoms with Crippen LogP contribution in [0.2, 0.25) is 0 Å². The molecule has 0 radical (unpaired) electrons. The van der Waals surface area contributed by atoms with E-state index < -0.39 is 4.92 Å². The van der Waals surface area contributed by atoms with E-state index in [-0.39, 0.29) is 17.8 Å². The summed E-state index contributed by atoms with van der Waals surface area (Å²) in [5.74, 6) is 0. The normalized spacial score (nSPS) is 24.3. The first-order valence-corrected chi connectivity index (χ1v) is 6.36. The number of non-ortho nitro benzene ring substituents is 1. The number of hydrogen-bond donors (Lipinski definition) is 2. The van der Waals surface area contributed by atoms with Crippen molar-refractivity contribution < 1.29 is 10.0 Å². The van der Waals surface area contributed by atoms with Gasteiger partial charge in [0, 0.05) is 17.8 Å². The van der Waals surface area contributed by atoms with Crippen LogP contribution in [-0.2, 0) is 0 Å². The summed E-state index contributed by atoms with van der Waals surface area (Å²) in [6.45, 7) is 0. The van der Waals surface area contributed by atoms with Crippen molar-refractivity contribution in [2.45, 2.75) is 44.2 Å². The van der Waals surface area contributed by atoms with E-state index in [0.29, 0.717) is 0 Å². The Balaban J connectivity index is 2.01. The Kier molecular flexibility index (Phi) is 4.15. The zero-order valence-electron chi connectivity index (χ0n) is 10.2. The van der Waals surface area contributed by atoms with Crippen LogP contribution in [0, 0.1) is 10.1 Å². The Morgan fingerprint density at radius 1 is 1.17 bits per heavy atom. The fraction of sp³-hybridized carbons (Fsp3) is 0.538. The number of anilines is 1. The van der Waals surface area contributed by atoms with E-state index in [1.165, 1.54) is 12.1 Å². The minimum absolute atomic E-state index is 0.0500. The van der Waals surface area contributed by atoms with Crippen LogP contribution >= 0.6 is 0 Å². The SMILES string of the molecule is O=[N+]([O-])c1ccc(N[C@@H]2CCCCC[C@H]2O)cc1. The molecule has 18 heavy (non-hydrogen) atoms. The van der Waals surface area contributed by atoms with E-state index in [9.17, 15) is 15.2 Å². The van der Waals surface area contributed by atoms with Crippen molar-refractivity contribution in [3.05, 3.63) is 34.4 Å². The maximum Gasteiger partial charge on any atom is 0.269 e. The maximum absolute atomic E-state index is 10.5. The van der Waals surface area contributed by atoms with Gasteiger partial charge in [0.25, 0.3) is 5.69 Å². The lowest BCUT2D eigenvalue weighted by Crippen LogP contribution is -2.32. The number of nitro benzene ring substituents is 1. The zero-order chi connectivity index (χ0) is 13.0. The van der Waals surface area contributed by atoms with Gasteiger partial charge in [-0.05, 0) is 25.0 Å². The van der Waals surface area contributed by atoms with E-state index >= 15 is 0 Å². The van der Waals surface area contributed by atoms with Crippen molar-refractivity contribution in [1.29, 1.82) is 0 Å². The number of rotatable bonds is 3. The molecule has 98 valence electrons. The number of aliphatic hydroxyl groups excluding tert-OH is 1. The van der Waals surface area contributed by atoms with Crippen molar-refractivity contribution in [3.8, 4) is 0 Å². The quantitative estimate of drug-likeness (QED) is 0.491. The van der Waals surface area contributed by atoms with Crippen molar-refractivity contribution in [2.24, 2.45) is 0 Å². The lowest BCUT2D eigenvalue weighted by molar-refractivity contribution is -0.384. The Morgan fingerprint density at radius 2 is 1.83 bits per heavy atom. The van der Waals surface area contributed by atoms with Gasteiger partial charge in [-0.25, -0.2) is 0 Å². The molecule has 1 aliphatic rings. The Hall–Kier alpha value is -1.62. The van der Waals surface area contributed by atoms with Crippen LogP contribution in [-0.4, -0.2) is 22.2 Å². The van der Waals surface area contributed by atoms with Crippen LogP contribution in [0.3, 0.4) is 0 Å². The molecule has 0 heterocycles. The highest BCUT2D eigenvalue weighted by molar-refractivity contribution is 5.49. The lowest BCUT2D eigenvalue weighted by atomic mass is 10.1. The van der Waals surface area contributed by atoms with Crippen LogP contribution in [0.4, 0.5) is 11.4 Å². The van der Waals surface area contributed by atoms with Crippen LogP contribution in [0.15, 0.2) is 24.3 Å². The lowest BCUT2D eigenvalue weighted by Gasteiger charge is -2.22. The molecule has 0 amide bonds. The predicted octanol–water partition coefficient (Wildman–Crippen LogP) is 2.70. The molecule has 0 unspecified atom stereocenters. The highest BCUT2D eigenvalue weighted by atomic mass is 16.6. The minimum Gasteiger partial charge on any atom is -0.391 e. The first kappa shape index (κ1) is 12.8. The molecule has 0 saturated heterocycles. The summed E-state index contributed by atoms with van der Waals surface area (Å²) in [5, 5.41) is 23.8. The van der Waals surface area contributed by atoms with Crippen LogP contribution in [0.1, 0.15) is 32.1 Å². The van der Waals surface area contributed by atoms with Crippen molar-refractivity contribution >= 4 is 11.4 Å². The largest absolute Gasteiger partial charge is 0.391 e. The highest BCUT2D eigenvalue weighted by Crippen LogP contribution is 2.23. The van der Waals surface area contributed by atoms with E-state index in [4.69, 9.17) is 0 Å². The molecule has 2 rings (SSSR count). The molecule has 1 saturated carbocycles. The average molecular weight is 250 g/mol. The Bertz CT molecular complexity index is 405. The van der Waals surface area contributed by atoms with Crippen LogP contribution in [0.25, 0.3) is 0 Å². The standard InChI is InChI=1S/C13H18N2O3/c16-13-5-3-1-2-4-12(13)14-10-6-8-11(9-7-10)15(17)18/h6-9,12-14,16H,1-5H2/t12-,13-/m1/s1. The van der Waals surface area contributed by atoms with Crippen LogP contribution in [0.5, 0.6) is 0 Å². The number of hydrogen-bond acceptors (Lipinski definition) is 4. The molecular formula is C13H18N2O3. The smallest absolute Gasteiger partial charge is 0.269 e. The molecule has 1 aliphatic carbocycles. The van der Waals surface area contributed by atoms with Gasteiger partial charge < -0.3 is 10.4 Å². The average Bonchev–Trinajstić information content (AvgIpc) is 2.56. The van der Waals surface area contributed by atoms with E-state index in [0.717, 1.165) is 37.8 Å². The zero-order valence-corrected chi connectivity index (χ0v) is 10.2. The van der Waals surface area contributed by atoms with Gasteiger partial charge in [-0.15, -0.1) is 0 Å². The van der Waals surface area contributed by atoms with Gasteiger partial charge in [-0.3, -0.25) is 10.1 Å². The molecule has 1 aromatic rings. The summed E-state index contributed by atoms with van der Waals surface area (Å²) in [6, 6.07) is 6.39. The first-order valence-electron chi connectivity index (χ1n) is 6.36. The summed E-state index contributed by atoms with van der Waals surface area (Å²) in [6.07, 6.45) is 4.78. The van der Waals surface area contributed by atoms with Crippen molar-refractivity contribution in [3.63, 3.8) is 0 Å². The number of nitrogens with one attached hydrogen (secondary N) is 1. The van der Waals surface area contributed by atoms with Gasteiger partial charge in [-0.2, -0.15) is 0 Å². The first-order chi connectivity index (χ1) is 8.66. The van der Waals surface area contributed by atoms with E-state index in [1.54, 1.807) is 12.1 Å². The number of aliphatic hydroxyl groups is 1. The van der Waals surface area contributed by atoms with Gasteiger partial charge in [0.2, 0.25) is 0 Å². The summed E-state index contributed by atoms with van der Waals surface area (Å²) >= 11 is 0. The molecule has 0 bridgehead atoms. The van der Waals surface area contributed by atoms with E-state index in [2.05, 4.69) is 5.32 Å². The van der Waals surface area contributed by atoms with Gasteiger partial charge in [0.15, 0.2) is 0 Å². The summed E-state index contributed by atoms with van der Waals surface area (Å²) < 4.78 is 0. The third-order valence-electron chi connectivity index (χ3n) is 3.41. The summed E-state index contributed by atoms with van der Waals surface area (Å²) in [7, 11) is 0. The van der Waals surface area contributed by atoms with Gasteiger partial charge in [0.1, 0.15) is 0 Å². The van der Waals surface area contributed by atoms with Crippen molar-refractivity contribution in [1.82, 2.24) is 0 Å². The summed E-state index contributed by atoms with van der Waals surface area (Å²) in [4.78, 5) is 10.1. The molecule has 1 fully saturated rings. The third-order valence-corrected chi connectivity index (χ3v) is 3.41. The Morgan fingerprint density at radius 3 is 2.50 bits per heavy atom. The maximum atomic E-state index is 10.5. The number of nitro groups is 1. The topological polar surface area (TPSA) is 75.4 Å². The number of benzene rings is 1. The monoisotopic (exact) mass is 250 g/mol. The molecule has 0 aromatic heterocycles. The van der Waals surface area contributed by atoms with Gasteiger partial charge >= 0.3 is 0 Å². The van der Waals surface area contributed by atoms with E-state index in [1.807, 2.05) is 0 Å². The number of nitrogens with zero attached hydrogens (tertiary/aromatic N) is 1. The molecule has 2 atom stereocenters. The fourth-order valence-corrected chi connectivity index (χ4v) is 2.35. The minimum atomic E-state index is -0.412. The second-order valence-electron chi connectivity index (χ2n) is 4.76. The molecule has 0 aliphatic heterocycles. The molecule has 1 aromatic carbocycles.